The summed E-state index contributed by atoms with van der Waals surface area (Å²) in [6.45, 7) is 3.80. The van der Waals surface area contributed by atoms with Gasteiger partial charge >= 0.3 is 5.97 Å². The van der Waals surface area contributed by atoms with Crippen molar-refractivity contribution < 1.29 is 9.53 Å². The van der Waals surface area contributed by atoms with Gasteiger partial charge in [0.2, 0.25) is 0 Å². The molecule has 1 rings (SSSR count). The van der Waals surface area contributed by atoms with Gasteiger partial charge in [0.1, 0.15) is 0 Å². The molecular weight excluding hydrogens is 190 g/mol. The van der Waals surface area contributed by atoms with Gasteiger partial charge in [-0.05, 0) is 19.4 Å². The van der Waals surface area contributed by atoms with Crippen LogP contribution in [-0.2, 0) is 9.53 Å². The molecule has 0 heterocycles. The molecule has 80 valence electrons. The molecule has 1 aromatic carbocycles. The smallest absolute Gasteiger partial charge is 0.314 e. The third-order valence-electron chi connectivity index (χ3n) is 2.16. The lowest BCUT2D eigenvalue weighted by atomic mass is 9.99. The maximum atomic E-state index is 11.4. The second-order valence-electron chi connectivity index (χ2n) is 3.25. The van der Waals surface area contributed by atoms with Crippen LogP contribution in [0.2, 0.25) is 0 Å². The lowest BCUT2D eigenvalue weighted by molar-refractivity contribution is -0.145. The molecular formula is C12H15NO2. The van der Waals surface area contributed by atoms with Gasteiger partial charge in [-0.2, -0.15) is 0 Å². The molecule has 3 heteroatoms. The topological polar surface area (TPSA) is 50.2 Å². The van der Waals surface area contributed by atoms with E-state index in [9.17, 15) is 4.79 Å². The van der Waals surface area contributed by atoms with E-state index in [0.717, 1.165) is 5.56 Å². The van der Waals surface area contributed by atoms with Gasteiger partial charge in [-0.1, -0.05) is 30.3 Å². The van der Waals surface area contributed by atoms with Crippen molar-refractivity contribution in [2.75, 3.05) is 6.61 Å². The van der Waals surface area contributed by atoms with Crippen molar-refractivity contribution in [1.82, 2.24) is 0 Å². The van der Waals surface area contributed by atoms with Crippen LogP contribution in [0, 0.1) is 11.3 Å². The quantitative estimate of drug-likeness (QED) is 0.605. The van der Waals surface area contributed by atoms with Crippen molar-refractivity contribution in [2.45, 2.75) is 13.8 Å². The Hall–Kier alpha value is -1.64. The molecule has 0 aliphatic heterocycles. The maximum absolute atomic E-state index is 11.4. The number of carbonyl (C=O) groups excluding carboxylic acids is 1. The summed E-state index contributed by atoms with van der Waals surface area (Å²) in [5.74, 6) is -0.848. The molecule has 15 heavy (non-hydrogen) atoms. The minimum Gasteiger partial charge on any atom is -0.465 e. The van der Waals surface area contributed by atoms with E-state index < -0.39 is 5.92 Å². The molecule has 0 spiro atoms. The fourth-order valence-electron chi connectivity index (χ4n) is 1.25. The lowest BCUT2D eigenvalue weighted by Crippen LogP contribution is -2.23. The first-order chi connectivity index (χ1) is 7.16. The zero-order valence-corrected chi connectivity index (χ0v) is 8.99. The van der Waals surface area contributed by atoms with Crippen LogP contribution >= 0.6 is 0 Å². The summed E-state index contributed by atoms with van der Waals surface area (Å²) in [6, 6.07) is 9.21. The van der Waals surface area contributed by atoms with Crippen LogP contribution < -0.4 is 0 Å². The number of hydrogen-bond donors (Lipinski definition) is 1. The molecule has 0 aliphatic carbocycles. The van der Waals surface area contributed by atoms with E-state index in [4.69, 9.17) is 10.1 Å². The van der Waals surface area contributed by atoms with Crippen molar-refractivity contribution in [3.05, 3.63) is 35.9 Å². The fraction of sp³-hybridized carbons (Fsp3) is 0.333. The number of benzene rings is 1. The molecule has 0 aliphatic rings. The van der Waals surface area contributed by atoms with E-state index in [1.807, 2.05) is 30.3 Å². The van der Waals surface area contributed by atoms with Gasteiger partial charge in [0.25, 0.3) is 0 Å². The largest absolute Gasteiger partial charge is 0.465 e. The molecule has 3 nitrogen and oxygen atoms in total. The lowest BCUT2D eigenvalue weighted by Gasteiger charge is -2.11. The molecule has 0 amide bonds. The second kappa shape index (κ2) is 5.29. The third-order valence-corrected chi connectivity index (χ3v) is 2.16. The van der Waals surface area contributed by atoms with Crippen LogP contribution in [0.25, 0.3) is 0 Å². The summed E-state index contributed by atoms with van der Waals surface area (Å²) in [6.07, 6.45) is 0. The van der Waals surface area contributed by atoms with Crippen LogP contribution in [0.5, 0.6) is 0 Å². The minimum absolute atomic E-state index is 0.300. The molecule has 0 fully saturated rings. The zero-order valence-electron chi connectivity index (χ0n) is 8.99. The molecule has 1 atom stereocenters. The number of esters is 1. The number of hydrogen-bond acceptors (Lipinski definition) is 3. The van der Waals surface area contributed by atoms with Crippen molar-refractivity contribution in [1.29, 1.82) is 5.41 Å². The van der Waals surface area contributed by atoms with E-state index >= 15 is 0 Å². The predicted molar refractivity (Wildman–Crippen MR) is 59.1 cm³/mol. The second-order valence-corrected chi connectivity index (χ2v) is 3.25. The minimum atomic E-state index is -0.507. The highest BCUT2D eigenvalue weighted by Crippen LogP contribution is 2.09. The highest BCUT2D eigenvalue weighted by Gasteiger charge is 2.19. The summed E-state index contributed by atoms with van der Waals surface area (Å²) in [4.78, 5) is 11.4. The number of carbonyl (C=O) groups is 1. The van der Waals surface area contributed by atoms with Crippen LogP contribution in [0.1, 0.15) is 19.4 Å². The monoisotopic (exact) mass is 205 g/mol. The van der Waals surface area contributed by atoms with Gasteiger partial charge in [-0.15, -0.1) is 0 Å². The Kier molecular flexibility index (Phi) is 4.03. The van der Waals surface area contributed by atoms with E-state index in [1.165, 1.54) is 0 Å². The van der Waals surface area contributed by atoms with E-state index in [0.29, 0.717) is 12.3 Å². The van der Waals surface area contributed by atoms with Gasteiger partial charge in [-0.3, -0.25) is 4.79 Å². The van der Waals surface area contributed by atoms with Gasteiger partial charge in [0.15, 0.2) is 0 Å². The molecule has 0 aromatic heterocycles. The predicted octanol–water partition coefficient (Wildman–Crippen LogP) is 2.25. The Morgan fingerprint density at radius 3 is 2.53 bits per heavy atom. The van der Waals surface area contributed by atoms with Crippen molar-refractivity contribution >= 4 is 11.7 Å². The number of rotatable bonds is 4. The first-order valence-electron chi connectivity index (χ1n) is 4.97. The Morgan fingerprint density at radius 2 is 2.00 bits per heavy atom. The zero-order chi connectivity index (χ0) is 11.3. The number of ether oxygens (including phenoxy) is 1. The molecule has 0 bridgehead atoms. The molecule has 1 unspecified atom stereocenters. The van der Waals surface area contributed by atoms with Crippen LogP contribution in [-0.4, -0.2) is 18.3 Å². The fourth-order valence-corrected chi connectivity index (χ4v) is 1.25. The van der Waals surface area contributed by atoms with Gasteiger partial charge < -0.3 is 10.1 Å². The van der Waals surface area contributed by atoms with Crippen molar-refractivity contribution in [3.8, 4) is 0 Å². The average molecular weight is 205 g/mol. The Labute approximate surface area is 89.6 Å². The van der Waals surface area contributed by atoms with Gasteiger partial charge in [0.05, 0.1) is 18.2 Å². The molecule has 1 N–H and O–H groups in total. The van der Waals surface area contributed by atoms with Crippen molar-refractivity contribution in [2.24, 2.45) is 5.92 Å². The molecule has 0 saturated carbocycles. The molecule has 0 saturated heterocycles. The third kappa shape index (κ3) is 2.91. The summed E-state index contributed by atoms with van der Waals surface area (Å²) in [7, 11) is 0. The SMILES string of the molecule is CCOC(=O)C(C)C(=N)c1ccccc1. The highest BCUT2D eigenvalue weighted by atomic mass is 16.5. The average Bonchev–Trinajstić information content (AvgIpc) is 2.28. The van der Waals surface area contributed by atoms with Crippen LogP contribution in [0.4, 0.5) is 0 Å². The number of nitrogens with one attached hydrogen (secondary N) is 1. The molecule has 1 aromatic rings. The highest BCUT2D eigenvalue weighted by molar-refractivity contribution is 6.09. The van der Waals surface area contributed by atoms with Gasteiger partial charge in [-0.25, -0.2) is 0 Å². The summed E-state index contributed by atoms with van der Waals surface area (Å²) in [5, 5.41) is 7.84. The van der Waals surface area contributed by atoms with Crippen molar-refractivity contribution in [3.63, 3.8) is 0 Å². The maximum Gasteiger partial charge on any atom is 0.314 e. The Balaban J connectivity index is 2.73. The summed E-state index contributed by atoms with van der Waals surface area (Å²) in [5.41, 5.74) is 1.06. The van der Waals surface area contributed by atoms with E-state index in [1.54, 1.807) is 13.8 Å². The first kappa shape index (κ1) is 11.4. The van der Waals surface area contributed by atoms with Crippen LogP contribution in [0.3, 0.4) is 0 Å². The van der Waals surface area contributed by atoms with E-state index in [-0.39, 0.29) is 5.97 Å². The summed E-state index contributed by atoms with van der Waals surface area (Å²) < 4.78 is 4.87. The van der Waals surface area contributed by atoms with E-state index in [2.05, 4.69) is 0 Å². The Bertz CT molecular complexity index is 346. The van der Waals surface area contributed by atoms with Crippen LogP contribution in [0.15, 0.2) is 30.3 Å². The summed E-state index contributed by atoms with van der Waals surface area (Å²) >= 11 is 0. The Morgan fingerprint density at radius 1 is 1.40 bits per heavy atom. The van der Waals surface area contributed by atoms with Gasteiger partial charge in [0, 0.05) is 0 Å². The molecule has 0 radical (unpaired) electrons. The first-order valence-corrected chi connectivity index (χ1v) is 4.97. The standard InChI is InChI=1S/C12H15NO2/c1-3-15-12(14)9(2)11(13)10-7-5-4-6-8-10/h4-9,13H,3H2,1-2H3. The normalized spacial score (nSPS) is 11.9.